The van der Waals surface area contributed by atoms with E-state index in [-0.39, 0.29) is 6.61 Å². The van der Waals surface area contributed by atoms with Crippen molar-refractivity contribution in [3.05, 3.63) is 65.9 Å². The second kappa shape index (κ2) is 8.81. The molecular weight excluding hydrogens is 368 g/mol. The van der Waals surface area contributed by atoms with E-state index < -0.39 is 5.97 Å². The molecule has 1 aromatic heterocycles. The first-order valence-corrected chi connectivity index (χ1v) is 10.2. The second-order valence-electron chi connectivity index (χ2n) is 6.17. The summed E-state index contributed by atoms with van der Waals surface area (Å²) < 4.78 is 7.06. The Morgan fingerprint density at radius 2 is 1.64 bits per heavy atom. The molecule has 142 valence electrons. The fourth-order valence-corrected chi connectivity index (χ4v) is 4.10. The highest BCUT2D eigenvalue weighted by Gasteiger charge is 2.27. The third-order valence-electron chi connectivity index (χ3n) is 4.48. The maximum atomic E-state index is 12.7. The van der Waals surface area contributed by atoms with Crippen LogP contribution in [-0.2, 0) is 11.8 Å². The van der Waals surface area contributed by atoms with E-state index >= 15 is 0 Å². The summed E-state index contributed by atoms with van der Waals surface area (Å²) in [7, 11) is 1.81. The largest absolute Gasteiger partial charge is 0.461 e. The molecule has 3 rings (SSSR count). The zero-order chi connectivity index (χ0) is 20.1. The lowest BCUT2D eigenvalue weighted by atomic mass is 9.98. The van der Waals surface area contributed by atoms with Gasteiger partial charge in [-0.1, -0.05) is 61.5 Å². The van der Waals surface area contributed by atoms with Crippen molar-refractivity contribution in [2.75, 3.05) is 12.4 Å². The lowest BCUT2D eigenvalue weighted by Crippen LogP contribution is -2.11. The van der Waals surface area contributed by atoms with Gasteiger partial charge in [0.2, 0.25) is 0 Å². The second-order valence-corrected chi connectivity index (χ2v) is 7.42. The van der Waals surface area contributed by atoms with Crippen molar-refractivity contribution in [3.8, 4) is 28.3 Å². The Labute approximate surface area is 169 Å². The highest BCUT2D eigenvalue weighted by molar-refractivity contribution is 7.99. The number of carbonyl (C=O) groups excluding carboxylic acids is 1. The molecule has 0 fully saturated rings. The Morgan fingerprint density at radius 3 is 2.21 bits per heavy atom. The van der Waals surface area contributed by atoms with Crippen molar-refractivity contribution in [1.82, 2.24) is 4.57 Å². The third-order valence-corrected chi connectivity index (χ3v) is 5.52. The van der Waals surface area contributed by atoms with Gasteiger partial charge in [0.15, 0.2) is 0 Å². The molecule has 0 atom stereocenters. The first-order chi connectivity index (χ1) is 13.6. The van der Waals surface area contributed by atoms with Crippen molar-refractivity contribution < 1.29 is 9.53 Å². The van der Waals surface area contributed by atoms with Gasteiger partial charge in [0.1, 0.15) is 11.8 Å². The van der Waals surface area contributed by atoms with Crippen molar-refractivity contribution >= 4 is 17.7 Å². The summed E-state index contributed by atoms with van der Waals surface area (Å²) >= 11 is 1.55. The van der Waals surface area contributed by atoms with Crippen LogP contribution in [0.2, 0.25) is 0 Å². The zero-order valence-corrected chi connectivity index (χ0v) is 17.0. The van der Waals surface area contributed by atoms with E-state index in [2.05, 4.69) is 18.2 Å². The fraction of sp³-hybridized carbons (Fsp3) is 0.217. The normalized spacial score (nSPS) is 10.5. The van der Waals surface area contributed by atoms with Gasteiger partial charge < -0.3 is 9.30 Å². The van der Waals surface area contributed by atoms with Gasteiger partial charge in [-0.2, -0.15) is 5.26 Å². The van der Waals surface area contributed by atoms with Crippen LogP contribution in [0.5, 0.6) is 0 Å². The van der Waals surface area contributed by atoms with Crippen molar-refractivity contribution in [1.29, 1.82) is 5.26 Å². The molecule has 4 nitrogen and oxygen atoms in total. The predicted molar refractivity (Wildman–Crippen MR) is 113 cm³/mol. The van der Waals surface area contributed by atoms with Crippen LogP contribution in [0, 0.1) is 11.3 Å². The number of rotatable bonds is 6. The molecular formula is C23H22N2O2S. The zero-order valence-electron chi connectivity index (χ0n) is 16.2. The van der Waals surface area contributed by atoms with Crippen LogP contribution in [0.1, 0.15) is 29.9 Å². The molecule has 0 amide bonds. The van der Waals surface area contributed by atoms with E-state index in [1.54, 1.807) is 23.3 Å². The minimum Gasteiger partial charge on any atom is -0.461 e. The molecule has 0 saturated carbocycles. The van der Waals surface area contributed by atoms with Crippen LogP contribution in [0.3, 0.4) is 0 Å². The number of hydrogen-bond acceptors (Lipinski definition) is 4. The Balaban J connectivity index is 2.16. The summed E-state index contributed by atoms with van der Waals surface area (Å²) in [5.74, 6) is 0.396. The van der Waals surface area contributed by atoms with Gasteiger partial charge in [0, 0.05) is 12.6 Å². The first kappa shape index (κ1) is 19.8. The van der Waals surface area contributed by atoms with E-state index in [4.69, 9.17) is 4.74 Å². The van der Waals surface area contributed by atoms with Crippen LogP contribution in [-0.4, -0.2) is 22.9 Å². The summed E-state index contributed by atoms with van der Waals surface area (Å²) in [6.45, 7) is 4.09. The lowest BCUT2D eigenvalue weighted by Gasteiger charge is -2.09. The first-order valence-electron chi connectivity index (χ1n) is 9.20. The molecule has 0 aliphatic heterocycles. The van der Waals surface area contributed by atoms with Crippen LogP contribution >= 0.6 is 11.8 Å². The van der Waals surface area contributed by atoms with Gasteiger partial charge in [-0.25, -0.2) is 4.79 Å². The van der Waals surface area contributed by atoms with E-state index in [1.165, 1.54) is 0 Å². The molecule has 0 N–H and O–H groups in total. The molecule has 2 aromatic carbocycles. The van der Waals surface area contributed by atoms with Crippen LogP contribution in [0.15, 0.2) is 59.6 Å². The van der Waals surface area contributed by atoms with Gasteiger partial charge in [-0.3, -0.25) is 0 Å². The standard InChI is InChI=1S/C23H22N2O2S/c1-4-27-23(26)21-20(19(15-24)22(25(21)3)28-5-2)18-13-11-17(12-14-18)16-9-7-6-8-10-16/h6-14H,4-5H2,1-3H3. The highest BCUT2D eigenvalue weighted by atomic mass is 32.2. The number of carbonyl (C=O) groups is 1. The van der Waals surface area contributed by atoms with E-state index in [0.717, 1.165) is 27.5 Å². The Bertz CT molecular complexity index is 1020. The van der Waals surface area contributed by atoms with Gasteiger partial charge in [-0.15, -0.1) is 11.8 Å². The van der Waals surface area contributed by atoms with Crippen LogP contribution < -0.4 is 0 Å². The molecule has 0 saturated heterocycles. The molecule has 0 unspecified atom stereocenters. The fourth-order valence-electron chi connectivity index (χ4n) is 3.25. The van der Waals surface area contributed by atoms with E-state index in [1.807, 2.05) is 56.4 Å². The molecule has 0 spiro atoms. The Hall–Kier alpha value is -2.97. The monoisotopic (exact) mass is 390 g/mol. The number of ether oxygens (including phenoxy) is 1. The van der Waals surface area contributed by atoms with Crippen molar-refractivity contribution in [2.45, 2.75) is 18.9 Å². The number of thioether (sulfide) groups is 1. The van der Waals surface area contributed by atoms with Gasteiger partial charge >= 0.3 is 5.97 Å². The summed E-state index contributed by atoms with van der Waals surface area (Å²) in [5.41, 5.74) is 4.61. The van der Waals surface area contributed by atoms with Gasteiger partial charge in [0.25, 0.3) is 0 Å². The topological polar surface area (TPSA) is 55.0 Å². The highest BCUT2D eigenvalue weighted by Crippen LogP contribution is 2.38. The number of nitrogens with zero attached hydrogens (tertiary/aromatic N) is 2. The maximum absolute atomic E-state index is 12.7. The molecule has 1 heterocycles. The van der Waals surface area contributed by atoms with E-state index in [0.29, 0.717) is 16.8 Å². The predicted octanol–water partition coefficient (Wildman–Crippen LogP) is 5.52. The quantitative estimate of drug-likeness (QED) is 0.411. The van der Waals surface area contributed by atoms with Crippen LogP contribution in [0.4, 0.5) is 0 Å². The number of esters is 1. The summed E-state index contributed by atoms with van der Waals surface area (Å²) in [6, 6.07) is 20.3. The van der Waals surface area contributed by atoms with Crippen molar-refractivity contribution in [3.63, 3.8) is 0 Å². The average Bonchev–Trinajstić information content (AvgIpc) is 3.01. The van der Waals surface area contributed by atoms with Gasteiger partial charge in [0.05, 0.1) is 17.2 Å². The minimum absolute atomic E-state index is 0.286. The SMILES string of the molecule is CCOC(=O)c1c(-c2ccc(-c3ccccc3)cc2)c(C#N)c(SCC)n1C. The summed E-state index contributed by atoms with van der Waals surface area (Å²) in [6.07, 6.45) is 0. The molecule has 0 aliphatic carbocycles. The Kier molecular flexibility index (Phi) is 6.23. The summed E-state index contributed by atoms with van der Waals surface area (Å²) in [5, 5.41) is 10.6. The van der Waals surface area contributed by atoms with E-state index in [9.17, 15) is 10.1 Å². The van der Waals surface area contributed by atoms with Gasteiger partial charge in [-0.05, 0) is 29.4 Å². The molecule has 0 radical (unpaired) electrons. The molecule has 0 aliphatic rings. The molecule has 5 heteroatoms. The molecule has 0 bridgehead atoms. The van der Waals surface area contributed by atoms with Crippen molar-refractivity contribution in [2.24, 2.45) is 7.05 Å². The lowest BCUT2D eigenvalue weighted by molar-refractivity contribution is 0.0515. The van der Waals surface area contributed by atoms with Crippen LogP contribution in [0.25, 0.3) is 22.3 Å². The number of nitriles is 1. The molecule has 3 aromatic rings. The number of benzene rings is 2. The maximum Gasteiger partial charge on any atom is 0.355 e. The third kappa shape index (κ3) is 3.69. The summed E-state index contributed by atoms with van der Waals surface area (Å²) in [4.78, 5) is 12.7. The molecule has 28 heavy (non-hydrogen) atoms. The average molecular weight is 391 g/mol. The Morgan fingerprint density at radius 1 is 1.04 bits per heavy atom. The smallest absolute Gasteiger partial charge is 0.355 e. The number of hydrogen-bond donors (Lipinski definition) is 0. The number of aromatic nitrogens is 1. The minimum atomic E-state index is -0.411.